The van der Waals surface area contributed by atoms with E-state index >= 15 is 0 Å². The topological polar surface area (TPSA) is 140 Å². The maximum Gasteiger partial charge on any atom is 0.184 e. The third-order valence-electron chi connectivity index (χ3n) is 3.90. The molecule has 0 saturated carbocycles. The summed E-state index contributed by atoms with van der Waals surface area (Å²) in [5, 5.41) is 57.6. The fourth-order valence-electron chi connectivity index (χ4n) is 2.64. The van der Waals surface area contributed by atoms with Crippen LogP contribution in [0.25, 0.3) is 0 Å². The maximum atomic E-state index is 10.0. The highest BCUT2D eigenvalue weighted by molar-refractivity contribution is 5.14. The molecule has 21 heavy (non-hydrogen) atoms. The zero-order valence-corrected chi connectivity index (χ0v) is 11.4. The highest BCUT2D eigenvalue weighted by Crippen LogP contribution is 2.28. The van der Waals surface area contributed by atoms with Gasteiger partial charge in [0, 0.05) is 6.42 Å². The highest BCUT2D eigenvalue weighted by Gasteiger charge is 2.46. The lowest BCUT2D eigenvalue weighted by Gasteiger charge is -2.42. The lowest BCUT2D eigenvalue weighted by atomic mass is 9.93. The minimum Gasteiger partial charge on any atom is -0.394 e. The Morgan fingerprint density at radius 2 is 1.86 bits per heavy atom. The van der Waals surface area contributed by atoms with Gasteiger partial charge in [-0.05, 0) is 12.0 Å². The average molecular weight is 306 g/mol. The quantitative estimate of drug-likeness (QED) is 0.307. The lowest BCUT2D eigenvalue weighted by Crippen LogP contribution is -2.60. The van der Waals surface area contributed by atoms with Crippen LogP contribution in [0.15, 0.2) is 11.6 Å². The van der Waals surface area contributed by atoms with E-state index < -0.39 is 49.5 Å². The van der Waals surface area contributed by atoms with Crippen molar-refractivity contribution >= 4 is 0 Å². The Hall–Kier alpha value is -0.580. The Morgan fingerprint density at radius 1 is 1.14 bits per heavy atom. The Morgan fingerprint density at radius 3 is 2.48 bits per heavy atom. The van der Waals surface area contributed by atoms with Crippen LogP contribution in [0, 0.1) is 0 Å². The zero-order valence-electron chi connectivity index (χ0n) is 11.4. The maximum absolute atomic E-state index is 10.0. The van der Waals surface area contributed by atoms with Gasteiger partial charge in [-0.2, -0.15) is 0 Å². The smallest absolute Gasteiger partial charge is 0.184 e. The number of hydrogen-bond acceptors (Lipinski definition) is 8. The van der Waals surface area contributed by atoms with Gasteiger partial charge >= 0.3 is 0 Å². The number of hydrogen-bond donors (Lipinski definition) is 6. The van der Waals surface area contributed by atoms with Gasteiger partial charge in [0.05, 0.1) is 25.4 Å². The van der Waals surface area contributed by atoms with Crippen molar-refractivity contribution in [1.82, 2.24) is 0 Å². The molecule has 8 heteroatoms. The van der Waals surface area contributed by atoms with Crippen LogP contribution in [0.2, 0.25) is 0 Å². The number of ether oxygens (including phenoxy) is 2. The summed E-state index contributed by atoms with van der Waals surface area (Å²) in [6, 6.07) is 0. The van der Waals surface area contributed by atoms with Crippen LogP contribution in [0.4, 0.5) is 0 Å². The molecule has 0 aromatic rings. The highest BCUT2D eigenvalue weighted by atomic mass is 16.6. The first-order chi connectivity index (χ1) is 9.97. The van der Waals surface area contributed by atoms with Gasteiger partial charge in [-0.3, -0.25) is 0 Å². The van der Waals surface area contributed by atoms with E-state index in [0.29, 0.717) is 12.0 Å². The van der Waals surface area contributed by atoms with Crippen molar-refractivity contribution in [2.45, 2.75) is 55.8 Å². The predicted molar refractivity (Wildman–Crippen MR) is 69.0 cm³/mol. The molecule has 0 aromatic carbocycles. The van der Waals surface area contributed by atoms with Gasteiger partial charge in [-0.1, -0.05) is 6.08 Å². The molecule has 122 valence electrons. The number of aliphatic hydroxyl groups excluding tert-OH is 6. The predicted octanol–water partition coefficient (Wildman–Crippen LogP) is -2.76. The molecule has 1 aliphatic carbocycles. The van der Waals surface area contributed by atoms with E-state index in [-0.39, 0.29) is 13.0 Å². The van der Waals surface area contributed by atoms with E-state index in [2.05, 4.69) is 0 Å². The summed E-state index contributed by atoms with van der Waals surface area (Å²) in [6.07, 6.45) is -5.77. The van der Waals surface area contributed by atoms with Crippen LogP contribution in [0.3, 0.4) is 0 Å². The van der Waals surface area contributed by atoms with E-state index in [1.165, 1.54) is 0 Å². The summed E-state index contributed by atoms with van der Waals surface area (Å²) >= 11 is 0. The van der Waals surface area contributed by atoms with Crippen molar-refractivity contribution < 1.29 is 40.1 Å². The van der Waals surface area contributed by atoms with E-state index in [1.807, 2.05) is 0 Å². The molecule has 8 nitrogen and oxygen atoms in total. The molecule has 0 spiro atoms. The summed E-state index contributed by atoms with van der Waals surface area (Å²) < 4.78 is 10.5. The summed E-state index contributed by atoms with van der Waals surface area (Å²) in [7, 11) is 0. The van der Waals surface area contributed by atoms with Gasteiger partial charge in [-0.15, -0.1) is 0 Å². The fourth-order valence-corrected chi connectivity index (χ4v) is 2.64. The molecule has 1 aliphatic heterocycles. The summed E-state index contributed by atoms with van der Waals surface area (Å²) in [6.45, 7) is -0.806. The molecule has 0 aromatic heterocycles. The second-order valence-electron chi connectivity index (χ2n) is 5.38. The third-order valence-corrected chi connectivity index (χ3v) is 3.90. The molecule has 2 aliphatic rings. The van der Waals surface area contributed by atoms with Crippen LogP contribution in [-0.2, 0) is 9.47 Å². The molecule has 1 heterocycles. The summed E-state index contributed by atoms with van der Waals surface area (Å²) in [5.74, 6) is 0. The van der Waals surface area contributed by atoms with Gasteiger partial charge < -0.3 is 40.1 Å². The molecule has 7 atom stereocenters. The van der Waals surface area contributed by atoms with Crippen molar-refractivity contribution in [3.63, 3.8) is 0 Å². The van der Waals surface area contributed by atoms with Crippen molar-refractivity contribution in [3.8, 4) is 0 Å². The van der Waals surface area contributed by atoms with E-state index in [9.17, 15) is 25.5 Å². The summed E-state index contributed by atoms with van der Waals surface area (Å²) in [5.41, 5.74) is 0.543. The van der Waals surface area contributed by atoms with Gasteiger partial charge in [0.25, 0.3) is 0 Å². The van der Waals surface area contributed by atoms with Crippen LogP contribution < -0.4 is 0 Å². The largest absolute Gasteiger partial charge is 0.394 e. The van der Waals surface area contributed by atoms with Gasteiger partial charge in [0.2, 0.25) is 0 Å². The van der Waals surface area contributed by atoms with Gasteiger partial charge in [0.1, 0.15) is 24.4 Å². The van der Waals surface area contributed by atoms with Crippen LogP contribution in [0.1, 0.15) is 12.8 Å². The first-order valence-corrected chi connectivity index (χ1v) is 6.91. The first kappa shape index (κ1) is 16.8. The van der Waals surface area contributed by atoms with Crippen molar-refractivity contribution in [2.75, 3.05) is 13.2 Å². The lowest BCUT2D eigenvalue weighted by molar-refractivity contribution is -0.299. The Labute approximate surface area is 121 Å². The van der Waals surface area contributed by atoms with Crippen LogP contribution in [-0.4, -0.2) is 86.8 Å². The standard InChI is InChI=1S/C13H22O8/c14-4-6-1-2-7(16)3-8(6)20-12-10(17)9(5-15)21-13(19)11(12)18/h1,7-19H,2-5H2/t7-,8+,9-,10-,11-,12+,13-/m1/s1. The minimum atomic E-state index is -1.59. The molecule has 0 bridgehead atoms. The van der Waals surface area contributed by atoms with Gasteiger partial charge in [-0.25, -0.2) is 0 Å². The molecule has 1 fully saturated rings. The Bertz CT molecular complexity index is 373. The van der Waals surface area contributed by atoms with Crippen molar-refractivity contribution in [1.29, 1.82) is 0 Å². The molecular formula is C13H22O8. The zero-order chi connectivity index (χ0) is 15.6. The number of rotatable bonds is 4. The SMILES string of the molecule is OCC1=CC[C@@H](O)C[C@@H]1O[C@@H]1[C@@H](O)[C@H](O)O[C@H](CO)[C@H]1O. The van der Waals surface area contributed by atoms with E-state index in [0.717, 1.165) is 0 Å². The van der Waals surface area contributed by atoms with Crippen LogP contribution in [0.5, 0.6) is 0 Å². The van der Waals surface area contributed by atoms with Crippen molar-refractivity contribution in [3.05, 3.63) is 11.6 Å². The normalized spacial score (nSPS) is 44.5. The summed E-state index contributed by atoms with van der Waals surface area (Å²) in [4.78, 5) is 0. The van der Waals surface area contributed by atoms with Crippen molar-refractivity contribution in [2.24, 2.45) is 0 Å². The molecule has 0 amide bonds. The fraction of sp³-hybridized carbons (Fsp3) is 0.846. The molecule has 6 N–H and O–H groups in total. The second-order valence-corrected chi connectivity index (χ2v) is 5.38. The van der Waals surface area contributed by atoms with E-state index in [4.69, 9.17) is 14.6 Å². The monoisotopic (exact) mass is 306 g/mol. The Balaban J connectivity index is 2.11. The van der Waals surface area contributed by atoms with Crippen LogP contribution >= 0.6 is 0 Å². The third kappa shape index (κ3) is 3.61. The molecule has 2 rings (SSSR count). The Kier molecular flexibility index (Phi) is 5.69. The minimum absolute atomic E-state index is 0.211. The molecule has 0 radical (unpaired) electrons. The molecule has 0 unspecified atom stereocenters. The average Bonchev–Trinajstić information content (AvgIpc) is 2.47. The van der Waals surface area contributed by atoms with E-state index in [1.54, 1.807) is 6.08 Å². The molecule has 1 saturated heterocycles. The second kappa shape index (κ2) is 7.12. The number of aliphatic hydroxyl groups is 6. The molecular weight excluding hydrogens is 284 g/mol. The van der Waals surface area contributed by atoms with Gasteiger partial charge in [0.15, 0.2) is 6.29 Å². The first-order valence-electron chi connectivity index (χ1n) is 6.91.